The van der Waals surface area contributed by atoms with Gasteiger partial charge in [-0.1, -0.05) is 68.8 Å². The van der Waals surface area contributed by atoms with Crippen molar-refractivity contribution in [1.29, 1.82) is 0 Å². The predicted octanol–water partition coefficient (Wildman–Crippen LogP) is 4.97. The minimum Gasteiger partial charge on any atom is -0.483 e. The molecule has 0 N–H and O–H groups in total. The molecule has 2 heterocycles. The highest BCUT2D eigenvalue weighted by molar-refractivity contribution is 6.30. The third-order valence-corrected chi connectivity index (χ3v) is 6.04. The third kappa shape index (κ3) is 4.92. The lowest BCUT2D eigenvalue weighted by Crippen LogP contribution is -2.41. The number of ketones is 1. The number of pyridine rings is 1. The van der Waals surface area contributed by atoms with E-state index in [9.17, 15) is 14.4 Å². The lowest BCUT2D eigenvalue weighted by Gasteiger charge is -2.32. The summed E-state index contributed by atoms with van der Waals surface area (Å²) in [6.07, 6.45) is 1.61. The van der Waals surface area contributed by atoms with Gasteiger partial charge in [-0.3, -0.25) is 14.4 Å². The second kappa shape index (κ2) is 9.47. The summed E-state index contributed by atoms with van der Waals surface area (Å²) in [6.45, 7) is 6.60. The van der Waals surface area contributed by atoms with Crippen LogP contribution in [0.5, 0.6) is 5.75 Å². The Morgan fingerprint density at radius 2 is 1.76 bits per heavy atom. The number of carbonyl (C=O) groups excluding carboxylic acids is 2. The molecule has 0 spiro atoms. The molecule has 0 fully saturated rings. The molecular weight excluding hydrogens is 452 g/mol. The molecule has 4 rings (SSSR count). The molecule has 0 saturated carbocycles. The number of fused-ring (bicyclic) bond motifs is 1. The summed E-state index contributed by atoms with van der Waals surface area (Å²) in [5.74, 6) is -0.303. The summed E-state index contributed by atoms with van der Waals surface area (Å²) in [5, 5.41) is 0.483. The molecule has 0 saturated heterocycles. The summed E-state index contributed by atoms with van der Waals surface area (Å²) < 4.78 is 7.90. The van der Waals surface area contributed by atoms with Crippen molar-refractivity contribution in [3.05, 3.63) is 98.4 Å². The number of hydrogen-bond acceptors (Lipinski definition) is 4. The Kier molecular flexibility index (Phi) is 6.62. The van der Waals surface area contributed by atoms with Crippen LogP contribution in [0.25, 0.3) is 0 Å². The Hall–Kier alpha value is -3.38. The van der Waals surface area contributed by atoms with Crippen molar-refractivity contribution >= 4 is 23.3 Å². The number of rotatable bonds is 5. The smallest absolute Gasteiger partial charge is 0.254 e. The van der Waals surface area contributed by atoms with Gasteiger partial charge in [0.1, 0.15) is 6.61 Å². The van der Waals surface area contributed by atoms with Gasteiger partial charge in [0.2, 0.25) is 5.43 Å². The van der Waals surface area contributed by atoms with Crippen LogP contribution in [-0.2, 0) is 19.7 Å². The topological polar surface area (TPSA) is 68.6 Å². The zero-order valence-corrected chi connectivity index (χ0v) is 20.3. The number of ether oxygens (including phenoxy) is 1. The van der Waals surface area contributed by atoms with E-state index in [1.165, 1.54) is 0 Å². The molecule has 1 amide bonds. The standard InChI is InChI=1S/C27H27ClN2O4/c1-27(2,3)25(32)21-15-29-12-13-30(26(33)19-10-7-11-20(28)14-19)16-22(29)24(23(21)31)34-17-18-8-5-4-6-9-18/h4-11,14-15H,12-13,16-17H2,1-3H3. The molecule has 1 aliphatic rings. The van der Waals surface area contributed by atoms with E-state index in [0.29, 0.717) is 29.4 Å². The number of aromatic nitrogens is 1. The van der Waals surface area contributed by atoms with Crippen molar-refractivity contribution in [2.24, 2.45) is 5.41 Å². The van der Waals surface area contributed by atoms with Crippen LogP contribution >= 0.6 is 11.6 Å². The SMILES string of the molecule is CC(C)(C)C(=O)c1cn2c(c(OCc3ccccc3)c1=O)CN(C(=O)c1cccc(Cl)c1)CC2. The fourth-order valence-electron chi connectivity index (χ4n) is 3.95. The van der Waals surface area contributed by atoms with Crippen LogP contribution in [-0.4, -0.2) is 27.7 Å². The van der Waals surface area contributed by atoms with Crippen LogP contribution in [0.15, 0.2) is 65.6 Å². The normalized spacial score (nSPS) is 13.4. The van der Waals surface area contributed by atoms with Gasteiger partial charge in [0.15, 0.2) is 11.5 Å². The number of Topliss-reactive ketones (excluding diaryl/α,β-unsaturated/α-hetero) is 1. The third-order valence-electron chi connectivity index (χ3n) is 5.81. The molecule has 1 aliphatic heterocycles. The van der Waals surface area contributed by atoms with E-state index in [0.717, 1.165) is 5.56 Å². The molecule has 0 bridgehead atoms. The van der Waals surface area contributed by atoms with Crippen molar-refractivity contribution in [1.82, 2.24) is 9.47 Å². The van der Waals surface area contributed by atoms with Crippen molar-refractivity contribution in [2.45, 2.75) is 40.5 Å². The van der Waals surface area contributed by atoms with Gasteiger partial charge in [0, 0.05) is 35.3 Å². The summed E-state index contributed by atoms with van der Waals surface area (Å²) in [5.41, 5.74) is 0.903. The minimum absolute atomic E-state index is 0.105. The lowest BCUT2D eigenvalue weighted by atomic mass is 9.86. The van der Waals surface area contributed by atoms with E-state index >= 15 is 0 Å². The van der Waals surface area contributed by atoms with Crippen LogP contribution in [0.1, 0.15) is 52.7 Å². The molecule has 0 unspecified atom stereocenters. The van der Waals surface area contributed by atoms with Gasteiger partial charge in [-0.05, 0) is 23.8 Å². The number of hydrogen-bond donors (Lipinski definition) is 0. The fourth-order valence-corrected chi connectivity index (χ4v) is 4.14. The molecule has 176 valence electrons. The van der Waals surface area contributed by atoms with Crippen molar-refractivity contribution in [3.63, 3.8) is 0 Å². The van der Waals surface area contributed by atoms with Crippen LogP contribution in [0.2, 0.25) is 5.02 Å². The monoisotopic (exact) mass is 478 g/mol. The summed E-state index contributed by atoms with van der Waals surface area (Å²) in [6, 6.07) is 16.3. The molecular formula is C27H27ClN2O4. The van der Waals surface area contributed by atoms with E-state index in [1.54, 1.807) is 56.1 Å². The van der Waals surface area contributed by atoms with E-state index in [-0.39, 0.29) is 36.2 Å². The zero-order valence-electron chi connectivity index (χ0n) is 19.5. The van der Waals surface area contributed by atoms with Crippen LogP contribution in [0.3, 0.4) is 0 Å². The molecule has 3 aromatic rings. The maximum Gasteiger partial charge on any atom is 0.254 e. The van der Waals surface area contributed by atoms with E-state index in [1.807, 2.05) is 34.9 Å². The molecule has 0 atom stereocenters. The minimum atomic E-state index is -0.714. The van der Waals surface area contributed by atoms with E-state index in [4.69, 9.17) is 16.3 Å². The first-order chi connectivity index (χ1) is 16.1. The van der Waals surface area contributed by atoms with Gasteiger partial charge >= 0.3 is 0 Å². The number of amides is 1. The Balaban J connectivity index is 1.73. The zero-order chi connectivity index (χ0) is 24.5. The van der Waals surface area contributed by atoms with E-state index < -0.39 is 10.8 Å². The van der Waals surface area contributed by atoms with Crippen LogP contribution in [0, 0.1) is 5.41 Å². The molecule has 0 radical (unpaired) electrons. The maximum atomic E-state index is 13.5. The first-order valence-corrected chi connectivity index (χ1v) is 11.6. The highest BCUT2D eigenvalue weighted by Gasteiger charge is 2.31. The van der Waals surface area contributed by atoms with Gasteiger partial charge in [-0.2, -0.15) is 0 Å². The van der Waals surface area contributed by atoms with Gasteiger partial charge in [0.05, 0.1) is 17.8 Å². The van der Waals surface area contributed by atoms with Gasteiger partial charge in [-0.15, -0.1) is 0 Å². The summed E-state index contributed by atoms with van der Waals surface area (Å²) >= 11 is 6.07. The molecule has 2 aromatic carbocycles. The van der Waals surface area contributed by atoms with Crippen molar-refractivity contribution in [3.8, 4) is 5.75 Å². The molecule has 0 aliphatic carbocycles. The van der Waals surface area contributed by atoms with Gasteiger partial charge < -0.3 is 14.2 Å². The Labute approximate surface area is 203 Å². The first-order valence-electron chi connectivity index (χ1n) is 11.2. The number of carbonyl (C=O) groups is 2. The second-order valence-electron chi connectivity index (χ2n) is 9.43. The van der Waals surface area contributed by atoms with Crippen LogP contribution in [0.4, 0.5) is 0 Å². The maximum absolute atomic E-state index is 13.5. The van der Waals surface area contributed by atoms with Crippen molar-refractivity contribution in [2.75, 3.05) is 6.54 Å². The first kappa shape index (κ1) is 23.8. The quantitative estimate of drug-likeness (QED) is 0.486. The number of benzene rings is 2. The van der Waals surface area contributed by atoms with Gasteiger partial charge in [-0.25, -0.2) is 0 Å². The Morgan fingerprint density at radius 1 is 1.03 bits per heavy atom. The number of nitrogens with zero attached hydrogens (tertiary/aromatic N) is 2. The highest BCUT2D eigenvalue weighted by Crippen LogP contribution is 2.27. The van der Waals surface area contributed by atoms with Crippen LogP contribution < -0.4 is 10.2 Å². The number of halogens is 1. The molecule has 34 heavy (non-hydrogen) atoms. The highest BCUT2D eigenvalue weighted by atomic mass is 35.5. The summed E-state index contributed by atoms with van der Waals surface area (Å²) in [7, 11) is 0. The second-order valence-corrected chi connectivity index (χ2v) is 9.87. The summed E-state index contributed by atoms with van der Waals surface area (Å²) in [4.78, 5) is 41.3. The Bertz CT molecular complexity index is 1290. The molecule has 6 nitrogen and oxygen atoms in total. The van der Waals surface area contributed by atoms with Crippen molar-refractivity contribution < 1.29 is 14.3 Å². The van der Waals surface area contributed by atoms with E-state index in [2.05, 4.69) is 0 Å². The predicted molar refractivity (Wildman–Crippen MR) is 131 cm³/mol. The average molecular weight is 479 g/mol. The average Bonchev–Trinajstić information content (AvgIpc) is 2.82. The fraction of sp³-hybridized carbons (Fsp3) is 0.296. The molecule has 1 aromatic heterocycles. The largest absolute Gasteiger partial charge is 0.483 e. The molecule has 7 heteroatoms. The Morgan fingerprint density at radius 3 is 2.44 bits per heavy atom. The van der Waals surface area contributed by atoms with Gasteiger partial charge in [0.25, 0.3) is 5.91 Å². The lowest BCUT2D eigenvalue weighted by molar-refractivity contribution is 0.0703.